The molecule has 0 bridgehead atoms. The second-order valence-electron chi connectivity index (χ2n) is 5.63. The van der Waals surface area contributed by atoms with Gasteiger partial charge in [-0.25, -0.2) is 9.59 Å². The van der Waals surface area contributed by atoms with Gasteiger partial charge < -0.3 is 13.9 Å². The maximum absolute atomic E-state index is 11.2. The largest absolute Gasteiger partial charge is 0.493 e. The summed E-state index contributed by atoms with van der Waals surface area (Å²) in [5, 5.41) is 0.867. The lowest BCUT2D eigenvalue weighted by Crippen LogP contribution is -2.06. The number of esters is 1. The van der Waals surface area contributed by atoms with Gasteiger partial charge in [-0.2, -0.15) is 0 Å². The molecule has 24 heavy (non-hydrogen) atoms. The number of carbonyl (C=O) groups excluding carboxylic acids is 1. The fourth-order valence-corrected chi connectivity index (χ4v) is 2.17. The van der Waals surface area contributed by atoms with Crippen LogP contribution >= 0.6 is 0 Å². The third kappa shape index (κ3) is 5.57. The van der Waals surface area contributed by atoms with E-state index < -0.39 is 0 Å². The van der Waals surface area contributed by atoms with Gasteiger partial charge in [-0.15, -0.1) is 0 Å². The predicted octanol–water partition coefficient (Wildman–Crippen LogP) is 3.85. The Morgan fingerprint density at radius 1 is 1.08 bits per heavy atom. The van der Waals surface area contributed by atoms with E-state index in [1.54, 1.807) is 19.1 Å². The Labute approximate surface area is 140 Å². The first kappa shape index (κ1) is 17.8. The van der Waals surface area contributed by atoms with Crippen LogP contribution in [0.25, 0.3) is 11.0 Å². The molecule has 1 aromatic heterocycles. The third-order valence-corrected chi connectivity index (χ3v) is 3.48. The van der Waals surface area contributed by atoms with Gasteiger partial charge in [-0.3, -0.25) is 0 Å². The molecule has 0 N–H and O–H groups in total. The molecule has 2 rings (SSSR count). The average Bonchev–Trinajstić information content (AvgIpc) is 2.56. The molecule has 0 spiro atoms. The quantitative estimate of drug-likeness (QED) is 0.302. The van der Waals surface area contributed by atoms with Gasteiger partial charge in [0.05, 0.1) is 13.2 Å². The lowest BCUT2D eigenvalue weighted by molar-refractivity contribution is -0.139. The summed E-state index contributed by atoms with van der Waals surface area (Å²) in [5.74, 6) is 0.355. The Bertz CT molecular complexity index is 760. The maximum atomic E-state index is 11.2. The Morgan fingerprint density at radius 2 is 1.79 bits per heavy atom. The number of hydrogen-bond donors (Lipinski definition) is 0. The lowest BCUT2D eigenvalue weighted by Gasteiger charge is -2.07. The van der Waals surface area contributed by atoms with Crippen molar-refractivity contribution in [1.29, 1.82) is 0 Å². The van der Waals surface area contributed by atoms with Crippen LogP contribution in [0.2, 0.25) is 0 Å². The van der Waals surface area contributed by atoms with Crippen molar-refractivity contribution in [2.45, 2.75) is 32.6 Å². The molecule has 0 atom stereocenters. The van der Waals surface area contributed by atoms with E-state index in [2.05, 4.69) is 6.58 Å². The van der Waals surface area contributed by atoms with Crippen molar-refractivity contribution in [3.63, 3.8) is 0 Å². The van der Waals surface area contributed by atoms with Crippen LogP contribution in [-0.2, 0) is 9.53 Å². The smallest absolute Gasteiger partial charge is 0.336 e. The summed E-state index contributed by atoms with van der Waals surface area (Å²) < 4.78 is 15.8. The Kier molecular flexibility index (Phi) is 6.61. The van der Waals surface area contributed by atoms with Gasteiger partial charge in [-0.05, 0) is 50.8 Å². The zero-order valence-electron chi connectivity index (χ0n) is 13.9. The first-order valence-corrected chi connectivity index (χ1v) is 8.05. The fraction of sp³-hybridized carbons (Fsp3) is 0.368. The molecule has 5 heteroatoms. The highest BCUT2D eigenvalue weighted by atomic mass is 16.5. The van der Waals surface area contributed by atoms with E-state index in [0.717, 1.165) is 31.1 Å². The van der Waals surface area contributed by atoms with Crippen molar-refractivity contribution in [1.82, 2.24) is 0 Å². The summed E-state index contributed by atoms with van der Waals surface area (Å²) in [6.45, 7) is 6.19. The van der Waals surface area contributed by atoms with E-state index in [-0.39, 0.29) is 11.6 Å². The van der Waals surface area contributed by atoms with Crippen molar-refractivity contribution in [3.8, 4) is 5.75 Å². The molecule has 0 aliphatic carbocycles. The van der Waals surface area contributed by atoms with E-state index in [4.69, 9.17) is 13.9 Å². The molecule has 0 aliphatic heterocycles. The molecule has 0 radical (unpaired) electrons. The minimum absolute atomic E-state index is 0.332. The van der Waals surface area contributed by atoms with Crippen LogP contribution in [0.3, 0.4) is 0 Å². The molecule has 1 aromatic carbocycles. The van der Waals surface area contributed by atoms with E-state index in [9.17, 15) is 9.59 Å². The minimum atomic E-state index is -0.369. The zero-order chi connectivity index (χ0) is 17.4. The highest BCUT2D eigenvalue weighted by molar-refractivity contribution is 5.86. The molecule has 0 aliphatic rings. The average molecular weight is 330 g/mol. The monoisotopic (exact) mass is 330 g/mol. The van der Waals surface area contributed by atoms with Gasteiger partial charge >= 0.3 is 11.6 Å². The van der Waals surface area contributed by atoms with Crippen LogP contribution in [0.1, 0.15) is 32.6 Å². The summed E-state index contributed by atoms with van der Waals surface area (Å²) in [4.78, 5) is 22.4. The number of ether oxygens (including phenoxy) is 2. The van der Waals surface area contributed by atoms with Crippen LogP contribution in [0.4, 0.5) is 0 Å². The molecule has 1 heterocycles. The van der Waals surface area contributed by atoms with Gasteiger partial charge in [0.2, 0.25) is 0 Å². The van der Waals surface area contributed by atoms with Gasteiger partial charge in [0.25, 0.3) is 0 Å². The van der Waals surface area contributed by atoms with Crippen LogP contribution in [0.15, 0.2) is 51.7 Å². The number of fused-ring (bicyclic) bond motifs is 1. The first-order valence-electron chi connectivity index (χ1n) is 8.05. The van der Waals surface area contributed by atoms with Crippen LogP contribution in [-0.4, -0.2) is 19.2 Å². The summed E-state index contributed by atoms with van der Waals surface area (Å²) in [6, 6.07) is 8.58. The maximum Gasteiger partial charge on any atom is 0.336 e. The van der Waals surface area contributed by atoms with E-state index in [1.807, 2.05) is 12.1 Å². The van der Waals surface area contributed by atoms with Crippen molar-refractivity contribution in [2.24, 2.45) is 0 Å². The highest BCUT2D eigenvalue weighted by Crippen LogP contribution is 2.19. The Hall–Kier alpha value is -2.56. The lowest BCUT2D eigenvalue weighted by atomic mass is 10.2. The topological polar surface area (TPSA) is 65.7 Å². The Morgan fingerprint density at radius 3 is 2.54 bits per heavy atom. The van der Waals surface area contributed by atoms with E-state index in [0.29, 0.717) is 30.1 Å². The summed E-state index contributed by atoms with van der Waals surface area (Å²) >= 11 is 0. The molecule has 5 nitrogen and oxygen atoms in total. The van der Waals surface area contributed by atoms with Gasteiger partial charge in [-0.1, -0.05) is 6.58 Å². The molecule has 0 unspecified atom stereocenters. The van der Waals surface area contributed by atoms with Crippen molar-refractivity contribution in [3.05, 3.63) is 52.9 Å². The van der Waals surface area contributed by atoms with Crippen molar-refractivity contribution in [2.75, 3.05) is 13.2 Å². The molecule has 2 aromatic rings. The standard InChI is InChI=1S/C19H22O5/c1-14(2)19(21)23-12-6-4-3-5-11-22-16-9-7-15-8-10-18(20)24-17(15)13-16/h7-10,13H,1,3-6,11-12H2,2H3. The van der Waals surface area contributed by atoms with Crippen LogP contribution in [0, 0.1) is 0 Å². The summed E-state index contributed by atoms with van der Waals surface area (Å²) in [7, 11) is 0. The molecular formula is C19H22O5. The number of hydrogen-bond acceptors (Lipinski definition) is 5. The summed E-state index contributed by atoms with van der Waals surface area (Å²) in [5.41, 5.74) is 0.584. The van der Waals surface area contributed by atoms with Gasteiger partial charge in [0.15, 0.2) is 0 Å². The number of carbonyl (C=O) groups is 1. The SMILES string of the molecule is C=C(C)C(=O)OCCCCCCOc1ccc2ccc(=O)oc2c1. The van der Waals surface area contributed by atoms with Crippen LogP contribution in [0.5, 0.6) is 5.75 Å². The normalized spacial score (nSPS) is 10.5. The van der Waals surface area contributed by atoms with E-state index >= 15 is 0 Å². The third-order valence-electron chi connectivity index (χ3n) is 3.48. The van der Waals surface area contributed by atoms with Crippen molar-refractivity contribution < 1.29 is 18.7 Å². The van der Waals surface area contributed by atoms with Crippen LogP contribution < -0.4 is 10.4 Å². The molecule has 0 fully saturated rings. The van der Waals surface area contributed by atoms with Crippen molar-refractivity contribution >= 4 is 16.9 Å². The first-order chi connectivity index (χ1) is 11.6. The minimum Gasteiger partial charge on any atom is -0.493 e. The number of rotatable bonds is 9. The number of unbranched alkanes of at least 4 members (excludes halogenated alkanes) is 3. The predicted molar refractivity (Wildman–Crippen MR) is 92.2 cm³/mol. The fourth-order valence-electron chi connectivity index (χ4n) is 2.17. The van der Waals surface area contributed by atoms with Gasteiger partial charge in [0, 0.05) is 23.1 Å². The summed E-state index contributed by atoms with van der Waals surface area (Å²) in [6.07, 6.45) is 3.71. The highest BCUT2D eigenvalue weighted by Gasteiger charge is 2.02. The van der Waals surface area contributed by atoms with Gasteiger partial charge in [0.1, 0.15) is 11.3 Å². The van der Waals surface area contributed by atoms with E-state index in [1.165, 1.54) is 6.07 Å². The molecule has 0 saturated carbocycles. The second-order valence-corrected chi connectivity index (χ2v) is 5.63. The zero-order valence-corrected chi connectivity index (χ0v) is 13.9. The molecule has 0 saturated heterocycles. The molecule has 128 valence electrons. The second kappa shape index (κ2) is 8.91. The molecular weight excluding hydrogens is 308 g/mol. The Balaban J connectivity index is 1.63. The molecule has 0 amide bonds. The number of benzene rings is 1.